The molecule has 0 spiro atoms. The summed E-state index contributed by atoms with van der Waals surface area (Å²) in [5.74, 6) is -0.307. The summed E-state index contributed by atoms with van der Waals surface area (Å²) in [6.07, 6.45) is 2.81. The van der Waals surface area contributed by atoms with Crippen molar-refractivity contribution in [1.29, 1.82) is 0 Å². The van der Waals surface area contributed by atoms with Crippen LogP contribution in [0.3, 0.4) is 0 Å². The van der Waals surface area contributed by atoms with Gasteiger partial charge in [0.1, 0.15) is 0 Å². The van der Waals surface area contributed by atoms with E-state index in [1.165, 1.54) is 0 Å². The highest BCUT2D eigenvalue weighted by atomic mass is 16.5. The highest BCUT2D eigenvalue weighted by molar-refractivity contribution is 5.72. The van der Waals surface area contributed by atoms with Crippen LogP contribution in [0, 0.1) is 5.92 Å². The molecule has 0 saturated heterocycles. The van der Waals surface area contributed by atoms with E-state index in [9.17, 15) is 20.1 Å². The molecule has 1 rings (SSSR count). The molecule has 0 aliphatic heterocycles. The third-order valence-corrected chi connectivity index (χ3v) is 4.61. The fourth-order valence-corrected chi connectivity index (χ4v) is 2.69. The van der Waals surface area contributed by atoms with Crippen molar-refractivity contribution in [3.05, 3.63) is 0 Å². The number of hydrogen-bond acceptors (Lipinski definition) is 6. The second-order valence-corrected chi connectivity index (χ2v) is 6.05. The number of nitrogens with one attached hydrogen (secondary N) is 1. The fraction of sp³-hybridized carbons (Fsp3) is 0.933. The van der Waals surface area contributed by atoms with E-state index in [1.807, 2.05) is 6.92 Å². The normalized spacial score (nSPS) is 26.6. The average molecular weight is 303 g/mol. The molecule has 1 aliphatic carbocycles. The predicted octanol–water partition coefficient (Wildman–Crippen LogP) is 0.194. The van der Waals surface area contributed by atoms with Crippen molar-refractivity contribution in [2.24, 2.45) is 5.92 Å². The summed E-state index contributed by atoms with van der Waals surface area (Å²) < 4.78 is 5.01. The van der Waals surface area contributed by atoms with E-state index in [2.05, 4.69) is 5.32 Å². The van der Waals surface area contributed by atoms with Crippen molar-refractivity contribution in [2.45, 2.75) is 57.1 Å². The number of hydrogen-bond donors (Lipinski definition) is 4. The van der Waals surface area contributed by atoms with E-state index < -0.39 is 11.1 Å². The standard InChI is InChI=1S/C15H29NO5/c1-3-14(10-17,11-18)16-9-15(20)7-5-12(6-8-15)13(19)21-4-2/h12,16-18,20H,3-11H2,1-2H3. The lowest BCUT2D eigenvalue weighted by Gasteiger charge is -2.39. The minimum absolute atomic E-state index is 0.128. The fourth-order valence-electron chi connectivity index (χ4n) is 2.69. The Hall–Kier alpha value is -0.690. The van der Waals surface area contributed by atoms with Gasteiger partial charge in [-0.2, -0.15) is 0 Å². The molecule has 0 aromatic rings. The molecule has 0 aromatic carbocycles. The van der Waals surface area contributed by atoms with E-state index in [-0.39, 0.29) is 25.1 Å². The Kier molecular flexibility index (Phi) is 7.06. The van der Waals surface area contributed by atoms with Crippen LogP contribution < -0.4 is 5.32 Å². The van der Waals surface area contributed by atoms with Crippen LogP contribution >= 0.6 is 0 Å². The monoisotopic (exact) mass is 303 g/mol. The van der Waals surface area contributed by atoms with Gasteiger partial charge in [0, 0.05) is 6.54 Å². The predicted molar refractivity (Wildman–Crippen MR) is 78.7 cm³/mol. The molecule has 6 nitrogen and oxygen atoms in total. The molecule has 0 amide bonds. The van der Waals surface area contributed by atoms with E-state index >= 15 is 0 Å². The van der Waals surface area contributed by atoms with Crippen LogP contribution in [0.1, 0.15) is 46.0 Å². The Morgan fingerprint density at radius 2 is 1.86 bits per heavy atom. The maximum Gasteiger partial charge on any atom is 0.308 e. The molecule has 21 heavy (non-hydrogen) atoms. The molecule has 1 fully saturated rings. The molecule has 1 aliphatic rings. The van der Waals surface area contributed by atoms with Gasteiger partial charge in [-0.3, -0.25) is 4.79 Å². The van der Waals surface area contributed by atoms with Crippen LogP contribution in [0.4, 0.5) is 0 Å². The summed E-state index contributed by atoms with van der Waals surface area (Å²) in [6.45, 7) is 3.99. The molecule has 0 aromatic heterocycles. The summed E-state index contributed by atoms with van der Waals surface area (Å²) in [7, 11) is 0. The van der Waals surface area contributed by atoms with E-state index in [0.717, 1.165) is 0 Å². The first-order valence-corrected chi connectivity index (χ1v) is 7.80. The van der Waals surface area contributed by atoms with Crippen molar-refractivity contribution in [3.63, 3.8) is 0 Å². The van der Waals surface area contributed by atoms with Gasteiger partial charge in [-0.25, -0.2) is 0 Å². The molecule has 0 atom stereocenters. The van der Waals surface area contributed by atoms with E-state index in [0.29, 0.717) is 45.3 Å². The lowest BCUT2D eigenvalue weighted by Crippen LogP contribution is -2.57. The van der Waals surface area contributed by atoms with Crippen LogP contribution in [0.25, 0.3) is 0 Å². The molecule has 0 bridgehead atoms. The summed E-state index contributed by atoms with van der Waals surface area (Å²) in [4.78, 5) is 11.7. The number of β-amino-alcohol motifs (C(OH)–C–C–N with tert-alkyl or cyclic N) is 1. The van der Waals surface area contributed by atoms with Gasteiger partial charge in [-0.1, -0.05) is 6.92 Å². The van der Waals surface area contributed by atoms with Gasteiger partial charge in [0.05, 0.1) is 36.9 Å². The van der Waals surface area contributed by atoms with Gasteiger partial charge < -0.3 is 25.4 Å². The molecular formula is C15H29NO5. The number of ether oxygens (including phenoxy) is 1. The summed E-state index contributed by atoms with van der Waals surface area (Å²) >= 11 is 0. The highest BCUT2D eigenvalue weighted by Gasteiger charge is 2.38. The Morgan fingerprint density at radius 1 is 1.29 bits per heavy atom. The van der Waals surface area contributed by atoms with Gasteiger partial charge in [-0.05, 0) is 39.0 Å². The first kappa shape index (κ1) is 18.4. The maximum absolute atomic E-state index is 11.7. The largest absolute Gasteiger partial charge is 0.466 e. The molecule has 1 saturated carbocycles. The van der Waals surface area contributed by atoms with E-state index in [4.69, 9.17) is 4.74 Å². The Morgan fingerprint density at radius 3 is 2.29 bits per heavy atom. The number of esters is 1. The lowest BCUT2D eigenvalue weighted by atomic mass is 9.78. The van der Waals surface area contributed by atoms with Gasteiger partial charge in [0.2, 0.25) is 0 Å². The van der Waals surface area contributed by atoms with E-state index in [1.54, 1.807) is 6.92 Å². The number of carbonyl (C=O) groups is 1. The zero-order chi connectivity index (χ0) is 15.9. The molecule has 0 radical (unpaired) electrons. The van der Waals surface area contributed by atoms with Crippen LogP contribution in [0.15, 0.2) is 0 Å². The lowest BCUT2D eigenvalue weighted by molar-refractivity contribution is -0.151. The van der Waals surface area contributed by atoms with Crippen LogP contribution in [-0.2, 0) is 9.53 Å². The molecular weight excluding hydrogens is 274 g/mol. The minimum atomic E-state index is -0.895. The third-order valence-electron chi connectivity index (χ3n) is 4.61. The summed E-state index contributed by atoms with van der Waals surface area (Å²) in [5, 5.41) is 32.5. The zero-order valence-electron chi connectivity index (χ0n) is 13.1. The number of rotatable bonds is 8. The minimum Gasteiger partial charge on any atom is -0.466 e. The molecule has 0 unspecified atom stereocenters. The van der Waals surface area contributed by atoms with Crippen molar-refractivity contribution in [2.75, 3.05) is 26.4 Å². The highest BCUT2D eigenvalue weighted by Crippen LogP contribution is 2.32. The average Bonchev–Trinajstić information content (AvgIpc) is 2.50. The van der Waals surface area contributed by atoms with Crippen LogP contribution in [0.5, 0.6) is 0 Å². The van der Waals surface area contributed by atoms with Crippen molar-refractivity contribution in [3.8, 4) is 0 Å². The zero-order valence-corrected chi connectivity index (χ0v) is 13.1. The Bertz CT molecular complexity index is 314. The van der Waals surface area contributed by atoms with Gasteiger partial charge >= 0.3 is 5.97 Å². The third kappa shape index (κ3) is 4.92. The van der Waals surface area contributed by atoms with Gasteiger partial charge in [0.15, 0.2) is 0 Å². The number of carbonyl (C=O) groups excluding carboxylic acids is 1. The van der Waals surface area contributed by atoms with Crippen molar-refractivity contribution in [1.82, 2.24) is 5.32 Å². The smallest absolute Gasteiger partial charge is 0.308 e. The Balaban J connectivity index is 2.49. The summed E-state index contributed by atoms with van der Waals surface area (Å²) in [6, 6.07) is 0. The molecule has 6 heteroatoms. The number of aliphatic hydroxyl groups excluding tert-OH is 2. The SMILES string of the molecule is CCOC(=O)C1CCC(O)(CNC(CC)(CO)CO)CC1. The van der Waals surface area contributed by atoms with Gasteiger partial charge in [0.25, 0.3) is 0 Å². The van der Waals surface area contributed by atoms with Crippen molar-refractivity contribution < 1.29 is 24.9 Å². The summed E-state index contributed by atoms with van der Waals surface area (Å²) in [5.41, 5.74) is -1.65. The Labute approximate surface area is 126 Å². The first-order chi connectivity index (χ1) is 9.94. The first-order valence-electron chi connectivity index (χ1n) is 7.80. The molecule has 124 valence electrons. The second-order valence-electron chi connectivity index (χ2n) is 6.05. The molecule has 4 N–H and O–H groups in total. The van der Waals surface area contributed by atoms with Gasteiger partial charge in [-0.15, -0.1) is 0 Å². The van der Waals surface area contributed by atoms with Crippen molar-refractivity contribution >= 4 is 5.97 Å². The van der Waals surface area contributed by atoms with Crippen LogP contribution in [0.2, 0.25) is 0 Å². The second kappa shape index (κ2) is 8.08. The number of aliphatic hydroxyl groups is 3. The van der Waals surface area contributed by atoms with Crippen LogP contribution in [-0.4, -0.2) is 58.8 Å². The topological polar surface area (TPSA) is 99.0 Å². The quantitative estimate of drug-likeness (QED) is 0.478. The molecule has 0 heterocycles. The maximum atomic E-state index is 11.7.